The number of hydrogen-bond donors (Lipinski definition) is 1. The number of carbonyl (C=O) groups excluding carboxylic acids is 1. The van der Waals surface area contributed by atoms with Gasteiger partial charge in [-0.05, 0) is 43.7 Å². The van der Waals surface area contributed by atoms with Crippen LogP contribution in [-0.4, -0.2) is 11.3 Å². The molecule has 0 spiro atoms. The molecule has 0 aliphatic carbocycles. The van der Waals surface area contributed by atoms with Crippen molar-refractivity contribution in [3.8, 4) is 11.3 Å². The lowest BCUT2D eigenvalue weighted by molar-refractivity contribution is -0.137. The number of aryl methyl sites for hydroxylation is 2. The molecule has 0 aliphatic heterocycles. The summed E-state index contributed by atoms with van der Waals surface area (Å²) in [7, 11) is 0. The van der Waals surface area contributed by atoms with Gasteiger partial charge in [-0.1, -0.05) is 17.7 Å². The number of fused-ring (bicyclic) bond motifs is 1. The molecule has 0 saturated carbocycles. The molecule has 3 aromatic rings. The molecule has 0 fully saturated rings. The number of hydrogen-bond acceptors (Lipinski definition) is 1. The zero-order valence-electron chi connectivity index (χ0n) is 12.6. The maximum atomic E-state index is 12.9. The molecule has 1 heterocycles. The quantitative estimate of drug-likeness (QED) is 0.641. The number of H-pyrrole nitrogens is 1. The topological polar surface area (TPSA) is 32.9 Å². The number of nitrogens with one attached hydrogen (secondary N) is 1. The average molecular weight is 317 g/mol. The number of aldehydes is 1. The van der Waals surface area contributed by atoms with E-state index in [-0.39, 0.29) is 10.9 Å². The van der Waals surface area contributed by atoms with Gasteiger partial charge in [-0.15, -0.1) is 0 Å². The summed E-state index contributed by atoms with van der Waals surface area (Å²) in [5.74, 6) is 0. The van der Waals surface area contributed by atoms with Crippen molar-refractivity contribution in [3.63, 3.8) is 0 Å². The smallest absolute Gasteiger partial charge is 0.354 e. The third kappa shape index (κ3) is 2.63. The third-order valence-electron chi connectivity index (χ3n) is 3.95. The van der Waals surface area contributed by atoms with Crippen LogP contribution in [0.5, 0.6) is 0 Å². The van der Waals surface area contributed by atoms with Gasteiger partial charge >= 0.3 is 6.18 Å². The number of alkyl halides is 3. The van der Waals surface area contributed by atoms with Gasteiger partial charge in [-0.3, -0.25) is 4.79 Å². The SMILES string of the molecule is Cc1ccc(C)c(-c2[nH]c3ccc(C(F)(F)F)cc3c2C=O)c1. The second kappa shape index (κ2) is 5.26. The summed E-state index contributed by atoms with van der Waals surface area (Å²) in [6, 6.07) is 9.18. The molecule has 0 unspecified atom stereocenters. The molecule has 0 aliphatic rings. The van der Waals surface area contributed by atoms with Gasteiger partial charge in [-0.2, -0.15) is 13.2 Å². The highest BCUT2D eigenvalue weighted by atomic mass is 19.4. The standard InChI is InChI=1S/C18H14F3NO/c1-10-3-4-11(2)13(7-10)17-15(9-23)14-8-12(18(19,20)21)5-6-16(14)22-17/h3-9,22H,1-2H3. The molecule has 1 aromatic heterocycles. The summed E-state index contributed by atoms with van der Waals surface area (Å²) < 4.78 is 38.7. The van der Waals surface area contributed by atoms with Gasteiger partial charge < -0.3 is 4.98 Å². The molecule has 0 amide bonds. The highest BCUT2D eigenvalue weighted by Gasteiger charge is 2.31. The summed E-state index contributed by atoms with van der Waals surface area (Å²) in [5, 5.41) is 0.283. The van der Waals surface area contributed by atoms with Crippen molar-refractivity contribution in [1.29, 1.82) is 0 Å². The van der Waals surface area contributed by atoms with E-state index in [4.69, 9.17) is 0 Å². The van der Waals surface area contributed by atoms with Crippen LogP contribution in [0.25, 0.3) is 22.2 Å². The Labute approximate surface area is 130 Å². The first-order valence-electron chi connectivity index (χ1n) is 7.07. The minimum Gasteiger partial charge on any atom is -0.354 e. The molecule has 1 N–H and O–H groups in total. The number of carbonyl (C=O) groups is 1. The Balaban J connectivity index is 2.30. The Morgan fingerprint density at radius 3 is 2.43 bits per heavy atom. The van der Waals surface area contributed by atoms with Crippen LogP contribution in [-0.2, 0) is 6.18 Å². The van der Waals surface area contributed by atoms with Crippen molar-refractivity contribution < 1.29 is 18.0 Å². The number of aromatic nitrogens is 1. The summed E-state index contributed by atoms with van der Waals surface area (Å²) >= 11 is 0. The number of aromatic amines is 1. The van der Waals surface area contributed by atoms with E-state index in [0.29, 0.717) is 17.5 Å². The molecule has 5 heteroatoms. The van der Waals surface area contributed by atoms with Crippen LogP contribution in [0, 0.1) is 13.8 Å². The summed E-state index contributed by atoms with van der Waals surface area (Å²) in [4.78, 5) is 14.6. The Hall–Kier alpha value is -2.56. The molecule has 2 nitrogen and oxygen atoms in total. The van der Waals surface area contributed by atoms with E-state index >= 15 is 0 Å². The first kappa shape index (κ1) is 15.3. The van der Waals surface area contributed by atoms with Crippen LogP contribution < -0.4 is 0 Å². The van der Waals surface area contributed by atoms with Crippen LogP contribution >= 0.6 is 0 Å². The fourth-order valence-corrected chi connectivity index (χ4v) is 2.73. The molecule has 3 rings (SSSR count). The summed E-state index contributed by atoms with van der Waals surface area (Å²) in [6.45, 7) is 3.82. The lowest BCUT2D eigenvalue weighted by Crippen LogP contribution is -2.04. The normalized spacial score (nSPS) is 11.9. The zero-order chi connectivity index (χ0) is 16.8. The van der Waals surface area contributed by atoms with Crippen LogP contribution in [0.15, 0.2) is 36.4 Å². The van der Waals surface area contributed by atoms with E-state index in [0.717, 1.165) is 28.8 Å². The predicted molar refractivity (Wildman–Crippen MR) is 83.6 cm³/mol. The number of rotatable bonds is 2. The van der Waals surface area contributed by atoms with E-state index in [1.165, 1.54) is 6.07 Å². The van der Waals surface area contributed by atoms with Gasteiger partial charge in [0.15, 0.2) is 6.29 Å². The predicted octanol–water partition coefficient (Wildman–Crippen LogP) is 5.28. The number of halogens is 3. The Kier molecular flexibility index (Phi) is 3.51. The minimum absolute atomic E-state index is 0.250. The molecule has 0 atom stereocenters. The van der Waals surface area contributed by atoms with Crippen LogP contribution in [0.4, 0.5) is 13.2 Å². The molecule has 118 valence electrons. The molecule has 0 saturated heterocycles. The van der Waals surface area contributed by atoms with E-state index in [1.54, 1.807) is 0 Å². The monoisotopic (exact) mass is 317 g/mol. The van der Waals surface area contributed by atoms with Gasteiger partial charge in [-0.25, -0.2) is 0 Å². The Morgan fingerprint density at radius 2 is 1.78 bits per heavy atom. The lowest BCUT2D eigenvalue weighted by atomic mass is 9.99. The van der Waals surface area contributed by atoms with Crippen molar-refractivity contribution in [2.24, 2.45) is 0 Å². The molecule has 2 aromatic carbocycles. The van der Waals surface area contributed by atoms with Crippen molar-refractivity contribution in [2.45, 2.75) is 20.0 Å². The van der Waals surface area contributed by atoms with Gasteiger partial charge in [0.1, 0.15) is 0 Å². The Morgan fingerprint density at radius 1 is 1.04 bits per heavy atom. The summed E-state index contributed by atoms with van der Waals surface area (Å²) in [5.41, 5.74) is 3.32. The molecular weight excluding hydrogens is 303 g/mol. The van der Waals surface area contributed by atoms with Crippen LogP contribution in [0.2, 0.25) is 0 Å². The van der Waals surface area contributed by atoms with Gasteiger partial charge in [0.2, 0.25) is 0 Å². The second-order valence-electron chi connectivity index (χ2n) is 5.61. The van der Waals surface area contributed by atoms with Crippen LogP contribution in [0.1, 0.15) is 27.0 Å². The zero-order valence-corrected chi connectivity index (χ0v) is 12.6. The van der Waals surface area contributed by atoms with E-state index in [9.17, 15) is 18.0 Å². The van der Waals surface area contributed by atoms with Gasteiger partial charge in [0, 0.05) is 22.0 Å². The largest absolute Gasteiger partial charge is 0.416 e. The first-order chi connectivity index (χ1) is 10.8. The summed E-state index contributed by atoms with van der Waals surface area (Å²) in [6.07, 6.45) is -3.83. The van der Waals surface area contributed by atoms with Gasteiger partial charge in [0.05, 0.1) is 11.3 Å². The molecular formula is C18H14F3NO. The molecule has 0 bridgehead atoms. The number of benzene rings is 2. The van der Waals surface area contributed by atoms with E-state index in [1.807, 2.05) is 32.0 Å². The molecule has 23 heavy (non-hydrogen) atoms. The van der Waals surface area contributed by atoms with Crippen LogP contribution in [0.3, 0.4) is 0 Å². The minimum atomic E-state index is -4.44. The highest BCUT2D eigenvalue weighted by Crippen LogP contribution is 2.36. The maximum absolute atomic E-state index is 12.9. The average Bonchev–Trinajstić information content (AvgIpc) is 2.86. The van der Waals surface area contributed by atoms with E-state index < -0.39 is 11.7 Å². The van der Waals surface area contributed by atoms with Crippen molar-refractivity contribution in [2.75, 3.05) is 0 Å². The van der Waals surface area contributed by atoms with Crippen molar-refractivity contribution in [3.05, 3.63) is 58.7 Å². The fraction of sp³-hybridized carbons (Fsp3) is 0.167. The Bertz CT molecular complexity index is 907. The van der Waals surface area contributed by atoms with Gasteiger partial charge in [0.25, 0.3) is 0 Å². The third-order valence-corrected chi connectivity index (χ3v) is 3.95. The highest BCUT2D eigenvalue weighted by molar-refractivity contribution is 6.04. The fourth-order valence-electron chi connectivity index (χ4n) is 2.73. The van der Waals surface area contributed by atoms with E-state index in [2.05, 4.69) is 4.98 Å². The lowest BCUT2D eigenvalue weighted by Gasteiger charge is -2.06. The molecule has 0 radical (unpaired) electrons. The van der Waals surface area contributed by atoms with Crippen molar-refractivity contribution >= 4 is 17.2 Å². The second-order valence-corrected chi connectivity index (χ2v) is 5.61. The van der Waals surface area contributed by atoms with Crippen molar-refractivity contribution in [1.82, 2.24) is 4.98 Å². The first-order valence-corrected chi connectivity index (χ1v) is 7.07. The maximum Gasteiger partial charge on any atom is 0.416 e.